The maximum absolute atomic E-state index is 13.4. The molecule has 0 heterocycles. The molecule has 0 spiro atoms. The Morgan fingerprint density at radius 3 is 2.33 bits per heavy atom. The van der Waals surface area contributed by atoms with Crippen molar-refractivity contribution in [3.63, 3.8) is 0 Å². The predicted octanol–water partition coefficient (Wildman–Crippen LogP) is 2.95. The first kappa shape index (κ1) is 11.6. The first-order valence-electron chi connectivity index (χ1n) is 4.58. The second-order valence-electron chi connectivity index (χ2n) is 3.46. The van der Waals surface area contributed by atoms with Crippen molar-refractivity contribution in [2.24, 2.45) is 0 Å². The summed E-state index contributed by atoms with van der Waals surface area (Å²) in [6, 6.07) is 5.84. The molecule has 0 aliphatic rings. The lowest BCUT2D eigenvalue weighted by Gasteiger charge is -2.15. The van der Waals surface area contributed by atoms with Gasteiger partial charge in [-0.2, -0.15) is 0 Å². The molecule has 0 fully saturated rings. The average molecular weight is 214 g/mol. The third-order valence-electron chi connectivity index (χ3n) is 2.13. The van der Waals surface area contributed by atoms with Gasteiger partial charge in [-0.15, -0.1) is 0 Å². The van der Waals surface area contributed by atoms with Crippen molar-refractivity contribution in [3.8, 4) is 0 Å². The molecule has 0 amide bonds. The predicted molar refractivity (Wildman–Crippen MR) is 51.9 cm³/mol. The molecule has 0 saturated heterocycles. The van der Waals surface area contributed by atoms with Gasteiger partial charge in [-0.3, -0.25) is 4.79 Å². The zero-order valence-corrected chi connectivity index (χ0v) is 8.34. The first-order valence-corrected chi connectivity index (χ1v) is 4.58. The molecule has 0 atom stereocenters. The topological polar surface area (TPSA) is 37.3 Å². The fourth-order valence-corrected chi connectivity index (χ4v) is 1.21. The summed E-state index contributed by atoms with van der Waals surface area (Å²) in [7, 11) is 0. The van der Waals surface area contributed by atoms with Gasteiger partial charge in [0.2, 0.25) is 0 Å². The molecule has 4 heteroatoms. The lowest BCUT2D eigenvalue weighted by Crippen LogP contribution is -2.15. The minimum Gasteiger partial charge on any atom is -0.481 e. The number of hydrogen-bond acceptors (Lipinski definition) is 1. The maximum atomic E-state index is 13.4. The largest absolute Gasteiger partial charge is 0.481 e. The van der Waals surface area contributed by atoms with Gasteiger partial charge in [0.25, 0.3) is 5.92 Å². The van der Waals surface area contributed by atoms with Crippen molar-refractivity contribution in [2.45, 2.75) is 25.7 Å². The van der Waals surface area contributed by atoms with Crippen LogP contribution in [0.1, 0.15) is 24.0 Å². The van der Waals surface area contributed by atoms with E-state index in [9.17, 15) is 13.6 Å². The molecule has 1 N–H and O–H groups in total. The van der Waals surface area contributed by atoms with Crippen LogP contribution in [0.5, 0.6) is 0 Å². The first-order chi connectivity index (χ1) is 6.92. The van der Waals surface area contributed by atoms with Crippen molar-refractivity contribution in [2.75, 3.05) is 0 Å². The molecule has 0 bridgehead atoms. The maximum Gasteiger partial charge on any atom is 0.303 e. The zero-order chi connectivity index (χ0) is 11.5. The van der Waals surface area contributed by atoms with Gasteiger partial charge in [-0.05, 0) is 6.92 Å². The Morgan fingerprint density at radius 1 is 1.33 bits per heavy atom. The summed E-state index contributed by atoms with van der Waals surface area (Å²) in [6.07, 6.45) is -1.19. The Morgan fingerprint density at radius 2 is 1.87 bits per heavy atom. The molecule has 0 unspecified atom stereocenters. The fourth-order valence-electron chi connectivity index (χ4n) is 1.21. The molecule has 0 aromatic heterocycles. The lowest BCUT2D eigenvalue weighted by molar-refractivity contribution is -0.139. The highest BCUT2D eigenvalue weighted by atomic mass is 19.3. The number of halogens is 2. The van der Waals surface area contributed by atoms with Crippen molar-refractivity contribution in [3.05, 3.63) is 35.4 Å². The molecule has 1 aromatic carbocycles. The molecular weight excluding hydrogens is 202 g/mol. The van der Waals surface area contributed by atoms with E-state index in [-0.39, 0.29) is 5.56 Å². The number of carboxylic acids is 1. The molecule has 2 nitrogen and oxygen atoms in total. The van der Waals surface area contributed by atoms with Crippen molar-refractivity contribution in [1.29, 1.82) is 0 Å². The number of hydrogen-bond donors (Lipinski definition) is 1. The van der Waals surface area contributed by atoms with Gasteiger partial charge < -0.3 is 5.11 Å². The van der Waals surface area contributed by atoms with Crippen LogP contribution in [0.15, 0.2) is 24.3 Å². The van der Waals surface area contributed by atoms with Gasteiger partial charge in [-0.1, -0.05) is 29.8 Å². The molecule has 0 aliphatic heterocycles. The Balaban J connectivity index is 2.76. The van der Waals surface area contributed by atoms with Gasteiger partial charge in [0.15, 0.2) is 0 Å². The second kappa shape index (κ2) is 4.38. The zero-order valence-electron chi connectivity index (χ0n) is 8.34. The van der Waals surface area contributed by atoms with Crippen LogP contribution in [0.25, 0.3) is 0 Å². The van der Waals surface area contributed by atoms with Crippen LogP contribution in [0.3, 0.4) is 0 Å². The van der Waals surface area contributed by atoms with Crippen molar-refractivity contribution < 1.29 is 18.7 Å². The summed E-state index contributed by atoms with van der Waals surface area (Å²) in [4.78, 5) is 10.2. The van der Waals surface area contributed by atoms with Gasteiger partial charge in [0, 0.05) is 12.0 Å². The summed E-state index contributed by atoms with van der Waals surface area (Å²) in [6.45, 7) is 1.80. The van der Waals surface area contributed by atoms with E-state index >= 15 is 0 Å². The molecule has 1 aromatic rings. The van der Waals surface area contributed by atoms with E-state index in [1.807, 2.05) is 0 Å². The third-order valence-corrected chi connectivity index (χ3v) is 2.13. The number of carboxylic acid groups (broad SMARTS) is 1. The standard InChI is InChI=1S/C11H12F2O2/c1-8-2-4-9(5-3-8)11(12,13)7-6-10(14)15/h2-5H,6-7H2,1H3,(H,14,15). The third kappa shape index (κ3) is 3.31. The number of carbonyl (C=O) groups is 1. The average Bonchev–Trinajstić information content (AvgIpc) is 2.16. The highest BCUT2D eigenvalue weighted by molar-refractivity contribution is 5.66. The molecule has 0 saturated carbocycles. The van der Waals surface area contributed by atoms with E-state index in [4.69, 9.17) is 5.11 Å². The van der Waals surface area contributed by atoms with E-state index in [0.29, 0.717) is 0 Å². The Hall–Kier alpha value is -1.45. The Bertz CT molecular complexity index is 344. The number of alkyl halides is 2. The SMILES string of the molecule is Cc1ccc(C(F)(F)CCC(=O)O)cc1. The van der Waals surface area contributed by atoms with E-state index in [0.717, 1.165) is 5.56 Å². The van der Waals surface area contributed by atoms with Crippen molar-refractivity contribution in [1.82, 2.24) is 0 Å². The van der Waals surface area contributed by atoms with Gasteiger partial charge in [-0.25, -0.2) is 8.78 Å². The normalized spacial score (nSPS) is 11.4. The number of benzene rings is 1. The number of aliphatic carboxylic acids is 1. The quantitative estimate of drug-likeness (QED) is 0.836. The van der Waals surface area contributed by atoms with Crippen LogP contribution >= 0.6 is 0 Å². The lowest BCUT2D eigenvalue weighted by atomic mass is 10.0. The summed E-state index contributed by atoms with van der Waals surface area (Å²) >= 11 is 0. The van der Waals surface area contributed by atoms with Gasteiger partial charge in [0.05, 0.1) is 6.42 Å². The van der Waals surface area contributed by atoms with Crippen LogP contribution in [0.4, 0.5) is 8.78 Å². The summed E-state index contributed by atoms with van der Waals surface area (Å²) in [5.41, 5.74) is 0.766. The molecule has 1 rings (SSSR count). The van der Waals surface area contributed by atoms with Crippen LogP contribution < -0.4 is 0 Å². The summed E-state index contributed by atoms with van der Waals surface area (Å²) in [5.74, 6) is -4.27. The minimum atomic E-state index is -3.06. The molecule has 0 aliphatic carbocycles. The number of aryl methyl sites for hydroxylation is 1. The smallest absolute Gasteiger partial charge is 0.303 e. The Labute approximate surface area is 86.5 Å². The molecular formula is C11H12F2O2. The molecule has 15 heavy (non-hydrogen) atoms. The molecule has 82 valence electrons. The highest BCUT2D eigenvalue weighted by Gasteiger charge is 2.31. The highest BCUT2D eigenvalue weighted by Crippen LogP contribution is 2.32. The van der Waals surface area contributed by atoms with Crippen LogP contribution in [0.2, 0.25) is 0 Å². The monoisotopic (exact) mass is 214 g/mol. The van der Waals surface area contributed by atoms with E-state index < -0.39 is 24.7 Å². The van der Waals surface area contributed by atoms with E-state index in [1.54, 1.807) is 19.1 Å². The van der Waals surface area contributed by atoms with E-state index in [1.165, 1.54) is 12.1 Å². The summed E-state index contributed by atoms with van der Waals surface area (Å²) in [5, 5.41) is 8.33. The fraction of sp³-hybridized carbons (Fsp3) is 0.364. The van der Waals surface area contributed by atoms with Gasteiger partial charge >= 0.3 is 5.97 Å². The summed E-state index contributed by atoms with van der Waals surface area (Å²) < 4.78 is 26.8. The van der Waals surface area contributed by atoms with Gasteiger partial charge in [0.1, 0.15) is 0 Å². The van der Waals surface area contributed by atoms with Crippen molar-refractivity contribution >= 4 is 5.97 Å². The van der Waals surface area contributed by atoms with E-state index in [2.05, 4.69) is 0 Å². The number of rotatable bonds is 4. The van der Waals surface area contributed by atoms with Crippen LogP contribution in [-0.2, 0) is 10.7 Å². The van der Waals surface area contributed by atoms with Crippen LogP contribution in [-0.4, -0.2) is 11.1 Å². The second-order valence-corrected chi connectivity index (χ2v) is 3.46. The minimum absolute atomic E-state index is 0.130. The Kier molecular flexibility index (Phi) is 3.39. The molecule has 0 radical (unpaired) electrons. The van der Waals surface area contributed by atoms with Crippen LogP contribution in [0, 0.1) is 6.92 Å².